The van der Waals surface area contributed by atoms with Crippen LogP contribution in [0.15, 0.2) is 24.3 Å². The fourth-order valence-corrected chi connectivity index (χ4v) is 1.58. The fraction of sp³-hybridized carbons (Fsp3) is 0.533. The molecule has 0 saturated carbocycles. The first kappa shape index (κ1) is 13.8. The van der Waals surface area contributed by atoms with Gasteiger partial charge in [0.05, 0.1) is 0 Å². The van der Waals surface area contributed by atoms with Gasteiger partial charge >= 0.3 is 0 Å². The first-order valence-corrected chi connectivity index (χ1v) is 6.49. The van der Waals surface area contributed by atoms with Crippen molar-refractivity contribution in [3.63, 3.8) is 0 Å². The third-order valence-corrected chi connectivity index (χ3v) is 3.42. The van der Waals surface area contributed by atoms with Crippen molar-refractivity contribution < 1.29 is 4.79 Å². The van der Waals surface area contributed by atoms with Gasteiger partial charge in [0.2, 0.25) is 5.91 Å². The van der Waals surface area contributed by atoms with E-state index in [1.165, 1.54) is 5.56 Å². The van der Waals surface area contributed by atoms with E-state index < -0.39 is 0 Å². The second-order valence-corrected chi connectivity index (χ2v) is 4.73. The number of hydrogen-bond acceptors (Lipinski definition) is 1. The zero-order chi connectivity index (χ0) is 12.8. The van der Waals surface area contributed by atoms with E-state index in [2.05, 4.69) is 31.3 Å². The van der Waals surface area contributed by atoms with Crippen LogP contribution >= 0.6 is 0 Å². The summed E-state index contributed by atoms with van der Waals surface area (Å²) in [5.41, 5.74) is 2.22. The Kier molecular flexibility index (Phi) is 5.20. The maximum absolute atomic E-state index is 11.7. The molecule has 0 fully saturated rings. The van der Waals surface area contributed by atoms with Crippen LogP contribution < -0.4 is 5.32 Å². The fourth-order valence-electron chi connectivity index (χ4n) is 1.58. The number of carbonyl (C=O) groups excluding carboxylic acids is 1. The quantitative estimate of drug-likeness (QED) is 0.812. The number of amides is 1. The molecule has 17 heavy (non-hydrogen) atoms. The number of benzene rings is 1. The number of hydrogen-bond donors (Lipinski definition) is 1. The minimum atomic E-state index is 0.0734. The molecule has 1 N–H and O–H groups in total. The molecular formula is C15H23NO. The van der Waals surface area contributed by atoms with Gasteiger partial charge in [-0.25, -0.2) is 0 Å². The SMILES string of the molecule is CC[C@@H](C)C(=O)Nc1ccc([C@@H](C)CC)cc1. The molecule has 0 radical (unpaired) electrons. The van der Waals surface area contributed by atoms with Gasteiger partial charge in [-0.15, -0.1) is 0 Å². The van der Waals surface area contributed by atoms with Gasteiger partial charge in [-0.1, -0.05) is 39.8 Å². The zero-order valence-electron chi connectivity index (χ0n) is 11.3. The number of anilines is 1. The molecule has 0 unspecified atom stereocenters. The van der Waals surface area contributed by atoms with E-state index in [-0.39, 0.29) is 11.8 Å². The molecule has 0 aliphatic carbocycles. The Labute approximate surface area is 104 Å². The molecule has 0 bridgehead atoms. The first-order chi connectivity index (χ1) is 8.08. The maximum Gasteiger partial charge on any atom is 0.227 e. The molecule has 94 valence electrons. The van der Waals surface area contributed by atoms with Crippen LogP contribution in [0.1, 0.15) is 52.0 Å². The van der Waals surface area contributed by atoms with E-state index in [4.69, 9.17) is 0 Å². The highest BCUT2D eigenvalue weighted by Gasteiger charge is 2.10. The van der Waals surface area contributed by atoms with Gasteiger partial charge in [0.25, 0.3) is 0 Å². The summed E-state index contributed by atoms with van der Waals surface area (Å²) in [5, 5.41) is 2.94. The summed E-state index contributed by atoms with van der Waals surface area (Å²) in [6.07, 6.45) is 2.01. The van der Waals surface area contributed by atoms with Crippen molar-refractivity contribution in [2.24, 2.45) is 5.92 Å². The minimum Gasteiger partial charge on any atom is -0.326 e. The summed E-state index contributed by atoms with van der Waals surface area (Å²) in [4.78, 5) is 11.7. The van der Waals surface area contributed by atoms with E-state index in [1.807, 2.05) is 26.0 Å². The summed E-state index contributed by atoms with van der Waals surface area (Å²) in [5.74, 6) is 0.752. The third-order valence-electron chi connectivity index (χ3n) is 3.42. The lowest BCUT2D eigenvalue weighted by atomic mass is 9.98. The molecule has 1 rings (SSSR count). The summed E-state index contributed by atoms with van der Waals surface area (Å²) < 4.78 is 0. The van der Waals surface area contributed by atoms with Crippen LogP contribution in [0.4, 0.5) is 5.69 Å². The van der Waals surface area contributed by atoms with Gasteiger partial charge in [-0.2, -0.15) is 0 Å². The van der Waals surface area contributed by atoms with Crippen molar-refractivity contribution in [2.45, 2.75) is 46.5 Å². The summed E-state index contributed by atoms with van der Waals surface area (Å²) >= 11 is 0. The monoisotopic (exact) mass is 233 g/mol. The molecule has 2 atom stereocenters. The van der Waals surface area contributed by atoms with Crippen LogP contribution in [-0.2, 0) is 4.79 Å². The highest BCUT2D eigenvalue weighted by molar-refractivity contribution is 5.92. The standard InChI is InChI=1S/C15H23NO/c1-5-11(3)13-7-9-14(10-8-13)16-15(17)12(4)6-2/h7-12H,5-6H2,1-4H3,(H,16,17)/t11-,12+/m0/s1. The summed E-state index contributed by atoms with van der Waals surface area (Å²) in [6, 6.07) is 8.17. The Balaban J connectivity index is 2.65. The van der Waals surface area contributed by atoms with Crippen LogP contribution in [-0.4, -0.2) is 5.91 Å². The van der Waals surface area contributed by atoms with Crippen molar-refractivity contribution >= 4 is 11.6 Å². The van der Waals surface area contributed by atoms with Gasteiger partial charge in [0.15, 0.2) is 0 Å². The Bertz CT molecular complexity index is 356. The average Bonchev–Trinajstić information content (AvgIpc) is 2.37. The Hall–Kier alpha value is -1.31. The predicted molar refractivity (Wildman–Crippen MR) is 73.2 cm³/mol. The smallest absolute Gasteiger partial charge is 0.227 e. The van der Waals surface area contributed by atoms with Crippen LogP contribution in [0.25, 0.3) is 0 Å². The van der Waals surface area contributed by atoms with E-state index in [0.717, 1.165) is 18.5 Å². The van der Waals surface area contributed by atoms with Crippen molar-refractivity contribution in [3.05, 3.63) is 29.8 Å². The molecule has 2 nitrogen and oxygen atoms in total. The molecule has 0 heterocycles. The molecule has 0 aromatic heterocycles. The van der Waals surface area contributed by atoms with Crippen molar-refractivity contribution in [2.75, 3.05) is 5.32 Å². The molecule has 1 aromatic carbocycles. The molecule has 1 amide bonds. The van der Waals surface area contributed by atoms with Gasteiger partial charge in [0.1, 0.15) is 0 Å². The number of rotatable bonds is 5. The lowest BCUT2D eigenvalue weighted by Gasteiger charge is -2.12. The minimum absolute atomic E-state index is 0.0734. The maximum atomic E-state index is 11.7. The van der Waals surface area contributed by atoms with Crippen LogP contribution in [0.2, 0.25) is 0 Å². The molecule has 0 saturated heterocycles. The Morgan fingerprint density at radius 1 is 1.12 bits per heavy atom. The largest absolute Gasteiger partial charge is 0.326 e. The van der Waals surface area contributed by atoms with Gasteiger partial charge in [-0.3, -0.25) is 4.79 Å². The Morgan fingerprint density at radius 3 is 2.18 bits per heavy atom. The Morgan fingerprint density at radius 2 is 1.71 bits per heavy atom. The third kappa shape index (κ3) is 3.88. The zero-order valence-corrected chi connectivity index (χ0v) is 11.3. The first-order valence-electron chi connectivity index (χ1n) is 6.49. The number of carbonyl (C=O) groups is 1. The average molecular weight is 233 g/mol. The lowest BCUT2D eigenvalue weighted by molar-refractivity contribution is -0.119. The van der Waals surface area contributed by atoms with E-state index >= 15 is 0 Å². The molecular weight excluding hydrogens is 210 g/mol. The van der Waals surface area contributed by atoms with Crippen molar-refractivity contribution in [3.8, 4) is 0 Å². The van der Waals surface area contributed by atoms with Gasteiger partial charge in [0, 0.05) is 11.6 Å². The second kappa shape index (κ2) is 6.43. The molecule has 0 aliphatic rings. The summed E-state index contributed by atoms with van der Waals surface area (Å²) in [7, 11) is 0. The topological polar surface area (TPSA) is 29.1 Å². The summed E-state index contributed by atoms with van der Waals surface area (Å²) in [6.45, 7) is 8.37. The van der Waals surface area contributed by atoms with Crippen LogP contribution in [0, 0.1) is 5.92 Å². The number of nitrogens with one attached hydrogen (secondary N) is 1. The predicted octanol–water partition coefficient (Wildman–Crippen LogP) is 4.18. The molecule has 0 spiro atoms. The molecule has 0 aliphatic heterocycles. The van der Waals surface area contributed by atoms with Crippen molar-refractivity contribution in [1.29, 1.82) is 0 Å². The lowest BCUT2D eigenvalue weighted by Crippen LogP contribution is -2.19. The van der Waals surface area contributed by atoms with E-state index in [9.17, 15) is 4.79 Å². The second-order valence-electron chi connectivity index (χ2n) is 4.73. The van der Waals surface area contributed by atoms with Gasteiger partial charge < -0.3 is 5.32 Å². The van der Waals surface area contributed by atoms with Gasteiger partial charge in [-0.05, 0) is 36.5 Å². The van der Waals surface area contributed by atoms with Crippen LogP contribution in [0.3, 0.4) is 0 Å². The highest BCUT2D eigenvalue weighted by Crippen LogP contribution is 2.20. The highest BCUT2D eigenvalue weighted by atomic mass is 16.1. The van der Waals surface area contributed by atoms with Crippen molar-refractivity contribution in [1.82, 2.24) is 0 Å². The normalized spacial score (nSPS) is 14.1. The van der Waals surface area contributed by atoms with Crippen LogP contribution in [0.5, 0.6) is 0 Å². The van der Waals surface area contributed by atoms with E-state index in [1.54, 1.807) is 0 Å². The molecule has 1 aromatic rings. The van der Waals surface area contributed by atoms with E-state index in [0.29, 0.717) is 5.92 Å². The molecule has 2 heteroatoms.